The topological polar surface area (TPSA) is 58.2 Å². The van der Waals surface area contributed by atoms with E-state index >= 15 is 0 Å². The molecule has 0 heterocycles. The summed E-state index contributed by atoms with van der Waals surface area (Å²) in [4.78, 5) is 24.4. The van der Waals surface area contributed by atoms with Gasteiger partial charge in [-0.2, -0.15) is 0 Å². The number of carbonyl (C=O) groups excluding carboxylic acids is 2. The lowest BCUT2D eigenvalue weighted by Crippen LogP contribution is -2.27. The summed E-state index contributed by atoms with van der Waals surface area (Å²) in [6.45, 7) is 7.60. The van der Waals surface area contributed by atoms with Gasteiger partial charge in [0.2, 0.25) is 11.8 Å². The number of hydrogen-bond acceptors (Lipinski definition) is 2. The van der Waals surface area contributed by atoms with Crippen LogP contribution in [-0.4, -0.2) is 11.8 Å². The van der Waals surface area contributed by atoms with Gasteiger partial charge in [-0.3, -0.25) is 9.59 Å². The Morgan fingerprint density at radius 1 is 1.08 bits per heavy atom. The number of hydrogen-bond donors (Lipinski definition) is 2. The van der Waals surface area contributed by atoms with Crippen molar-refractivity contribution in [3.8, 4) is 0 Å². The van der Waals surface area contributed by atoms with Crippen LogP contribution in [0.1, 0.15) is 64.9 Å². The highest BCUT2D eigenvalue weighted by atomic mass is 16.2. The third kappa shape index (κ3) is 5.36. The lowest BCUT2D eigenvalue weighted by molar-refractivity contribution is -0.123. The molecule has 1 aromatic carbocycles. The van der Waals surface area contributed by atoms with Crippen LogP contribution in [0, 0.1) is 18.3 Å². The average Bonchev–Trinajstić information content (AvgIpc) is 2.50. The van der Waals surface area contributed by atoms with Gasteiger partial charge >= 0.3 is 0 Å². The van der Waals surface area contributed by atoms with Crippen molar-refractivity contribution in [1.29, 1.82) is 0 Å². The van der Waals surface area contributed by atoms with Crippen LogP contribution in [0.25, 0.3) is 0 Å². The summed E-state index contributed by atoms with van der Waals surface area (Å²) in [6, 6.07) is 5.64. The van der Waals surface area contributed by atoms with Crippen LogP contribution in [0.2, 0.25) is 0 Å². The van der Waals surface area contributed by atoms with E-state index in [9.17, 15) is 9.59 Å². The number of anilines is 2. The minimum absolute atomic E-state index is 0.0363. The van der Waals surface area contributed by atoms with Crippen molar-refractivity contribution in [3.63, 3.8) is 0 Å². The van der Waals surface area contributed by atoms with Crippen molar-refractivity contribution in [3.05, 3.63) is 23.8 Å². The maximum atomic E-state index is 12.3. The first kappa shape index (κ1) is 18.5. The van der Waals surface area contributed by atoms with Gasteiger partial charge in [-0.1, -0.05) is 46.1 Å². The number of carbonyl (C=O) groups is 2. The first-order chi connectivity index (χ1) is 11.3. The predicted octanol–water partition coefficient (Wildman–Crippen LogP) is 4.89. The van der Waals surface area contributed by atoms with Crippen molar-refractivity contribution in [2.24, 2.45) is 11.3 Å². The Labute approximate surface area is 145 Å². The van der Waals surface area contributed by atoms with E-state index in [4.69, 9.17) is 0 Å². The summed E-state index contributed by atoms with van der Waals surface area (Å²) < 4.78 is 0. The molecule has 2 N–H and O–H groups in total. The molecule has 0 unspecified atom stereocenters. The highest BCUT2D eigenvalue weighted by molar-refractivity contribution is 5.96. The molecule has 0 aliphatic heterocycles. The Morgan fingerprint density at radius 3 is 2.38 bits per heavy atom. The molecular formula is C20H30N2O2. The first-order valence-corrected chi connectivity index (χ1v) is 8.97. The van der Waals surface area contributed by atoms with Crippen molar-refractivity contribution >= 4 is 23.2 Å². The highest BCUT2D eigenvalue weighted by Crippen LogP contribution is 2.27. The van der Waals surface area contributed by atoms with Crippen LogP contribution >= 0.6 is 0 Å². The van der Waals surface area contributed by atoms with Gasteiger partial charge in [0.1, 0.15) is 0 Å². The number of rotatable bonds is 4. The van der Waals surface area contributed by atoms with Crippen molar-refractivity contribution in [2.45, 2.75) is 66.2 Å². The van der Waals surface area contributed by atoms with E-state index < -0.39 is 5.41 Å². The SMILES string of the molecule is Cc1ccc(NC(=O)C(C)(C)C)cc1NC(=O)CC1CCCCC1. The monoisotopic (exact) mass is 330 g/mol. The molecule has 4 nitrogen and oxygen atoms in total. The summed E-state index contributed by atoms with van der Waals surface area (Å²) in [5.41, 5.74) is 2.05. The van der Waals surface area contributed by atoms with E-state index in [1.807, 2.05) is 45.9 Å². The molecule has 4 heteroatoms. The fraction of sp³-hybridized carbons (Fsp3) is 0.600. The molecule has 0 radical (unpaired) electrons. The summed E-state index contributed by atoms with van der Waals surface area (Å²) in [5.74, 6) is 0.554. The number of aryl methyl sites for hydroxylation is 1. The van der Waals surface area contributed by atoms with Crippen LogP contribution in [-0.2, 0) is 9.59 Å². The lowest BCUT2D eigenvalue weighted by Gasteiger charge is -2.21. The molecule has 1 aliphatic carbocycles. The summed E-state index contributed by atoms with van der Waals surface area (Å²) in [7, 11) is 0. The maximum absolute atomic E-state index is 12.3. The second kappa shape index (κ2) is 7.82. The quantitative estimate of drug-likeness (QED) is 0.826. The molecule has 0 bridgehead atoms. The third-order valence-corrected chi connectivity index (χ3v) is 4.65. The zero-order chi connectivity index (χ0) is 17.7. The van der Waals surface area contributed by atoms with Crippen LogP contribution in [0.15, 0.2) is 18.2 Å². The Hall–Kier alpha value is -1.84. The largest absolute Gasteiger partial charge is 0.326 e. The van der Waals surface area contributed by atoms with Gasteiger partial charge in [0, 0.05) is 23.2 Å². The minimum atomic E-state index is -0.449. The molecule has 1 aromatic rings. The van der Waals surface area contributed by atoms with Gasteiger partial charge in [0.25, 0.3) is 0 Å². The Bertz CT molecular complexity index is 596. The second-order valence-electron chi connectivity index (χ2n) is 7.99. The molecule has 0 atom stereocenters. The van der Waals surface area contributed by atoms with E-state index in [1.165, 1.54) is 19.3 Å². The van der Waals surface area contributed by atoms with E-state index in [-0.39, 0.29) is 11.8 Å². The molecule has 0 spiro atoms. The first-order valence-electron chi connectivity index (χ1n) is 8.97. The van der Waals surface area contributed by atoms with Crippen LogP contribution in [0.5, 0.6) is 0 Å². The van der Waals surface area contributed by atoms with E-state index in [0.717, 1.165) is 24.1 Å². The zero-order valence-corrected chi connectivity index (χ0v) is 15.4. The molecule has 1 aliphatic rings. The van der Waals surface area contributed by atoms with Crippen molar-refractivity contribution in [2.75, 3.05) is 10.6 Å². The van der Waals surface area contributed by atoms with Crippen LogP contribution < -0.4 is 10.6 Å². The van der Waals surface area contributed by atoms with E-state index in [0.29, 0.717) is 18.0 Å². The molecule has 0 aromatic heterocycles. The fourth-order valence-electron chi connectivity index (χ4n) is 3.01. The average molecular weight is 330 g/mol. The van der Waals surface area contributed by atoms with Gasteiger partial charge in [-0.15, -0.1) is 0 Å². The summed E-state index contributed by atoms with van der Waals surface area (Å²) in [6.07, 6.45) is 6.70. The van der Waals surface area contributed by atoms with Gasteiger partial charge in [0.15, 0.2) is 0 Å². The highest BCUT2D eigenvalue weighted by Gasteiger charge is 2.21. The molecule has 132 valence electrons. The number of nitrogens with one attached hydrogen (secondary N) is 2. The van der Waals surface area contributed by atoms with E-state index in [2.05, 4.69) is 10.6 Å². The molecule has 1 saturated carbocycles. The lowest BCUT2D eigenvalue weighted by atomic mass is 9.87. The Kier molecular flexibility index (Phi) is 6.03. The molecule has 2 rings (SSSR count). The normalized spacial score (nSPS) is 15.8. The molecular weight excluding hydrogens is 300 g/mol. The minimum Gasteiger partial charge on any atom is -0.326 e. The second-order valence-corrected chi connectivity index (χ2v) is 7.99. The third-order valence-electron chi connectivity index (χ3n) is 4.65. The smallest absolute Gasteiger partial charge is 0.229 e. The molecule has 0 saturated heterocycles. The van der Waals surface area contributed by atoms with Crippen LogP contribution in [0.4, 0.5) is 11.4 Å². The number of amides is 2. The maximum Gasteiger partial charge on any atom is 0.229 e. The molecule has 1 fully saturated rings. The van der Waals surface area contributed by atoms with E-state index in [1.54, 1.807) is 0 Å². The van der Waals surface area contributed by atoms with Gasteiger partial charge in [-0.05, 0) is 43.4 Å². The van der Waals surface area contributed by atoms with Gasteiger partial charge in [-0.25, -0.2) is 0 Å². The standard InChI is InChI=1S/C20H30N2O2/c1-14-10-11-16(21-19(24)20(2,3)4)13-17(14)22-18(23)12-15-8-6-5-7-9-15/h10-11,13,15H,5-9,12H2,1-4H3,(H,21,24)(H,22,23). The Morgan fingerprint density at radius 2 is 1.75 bits per heavy atom. The number of benzene rings is 1. The van der Waals surface area contributed by atoms with Gasteiger partial charge < -0.3 is 10.6 Å². The van der Waals surface area contributed by atoms with Crippen molar-refractivity contribution < 1.29 is 9.59 Å². The Balaban J connectivity index is 2.00. The summed E-state index contributed by atoms with van der Waals surface area (Å²) >= 11 is 0. The van der Waals surface area contributed by atoms with Crippen LogP contribution in [0.3, 0.4) is 0 Å². The van der Waals surface area contributed by atoms with Crippen molar-refractivity contribution in [1.82, 2.24) is 0 Å². The predicted molar refractivity (Wildman–Crippen MR) is 99.1 cm³/mol. The molecule has 24 heavy (non-hydrogen) atoms. The summed E-state index contributed by atoms with van der Waals surface area (Å²) in [5, 5.41) is 5.93. The fourth-order valence-corrected chi connectivity index (χ4v) is 3.01. The zero-order valence-electron chi connectivity index (χ0n) is 15.4. The molecule has 2 amide bonds. The van der Waals surface area contributed by atoms with Gasteiger partial charge in [0.05, 0.1) is 0 Å².